The van der Waals surface area contributed by atoms with Crippen molar-refractivity contribution >= 4 is 0 Å². The summed E-state index contributed by atoms with van der Waals surface area (Å²) in [6.07, 6.45) is 1.62. The number of hydrogen-bond donors (Lipinski definition) is 2. The maximum Gasteiger partial charge on any atom is 0.330 e. The van der Waals surface area contributed by atoms with E-state index in [1.807, 2.05) is 6.92 Å². The SMILES string of the molecule is Cc1cn([C@H]2C[C@@](C)(CO)CO2)c(=O)[nH]c1=O. The normalized spacial score (nSPS) is 28.5. The van der Waals surface area contributed by atoms with Crippen LogP contribution in [0.2, 0.25) is 0 Å². The Morgan fingerprint density at radius 3 is 2.94 bits per heavy atom. The van der Waals surface area contributed by atoms with Crippen molar-refractivity contribution in [3.63, 3.8) is 0 Å². The Kier molecular flexibility index (Phi) is 2.92. The summed E-state index contributed by atoms with van der Waals surface area (Å²) in [5, 5.41) is 9.23. The summed E-state index contributed by atoms with van der Waals surface area (Å²) in [7, 11) is 0. The summed E-state index contributed by atoms with van der Waals surface area (Å²) in [6, 6.07) is 0. The predicted molar refractivity (Wildman–Crippen MR) is 60.9 cm³/mol. The molecule has 1 aromatic rings. The lowest BCUT2D eigenvalue weighted by Gasteiger charge is -2.18. The molecule has 0 amide bonds. The van der Waals surface area contributed by atoms with Gasteiger partial charge in [0.25, 0.3) is 5.56 Å². The lowest BCUT2D eigenvalue weighted by Crippen LogP contribution is -2.33. The van der Waals surface area contributed by atoms with Gasteiger partial charge in [-0.05, 0) is 6.92 Å². The highest BCUT2D eigenvalue weighted by atomic mass is 16.5. The first-order chi connectivity index (χ1) is 7.95. The molecule has 0 bridgehead atoms. The first kappa shape index (κ1) is 12.1. The van der Waals surface area contributed by atoms with Crippen LogP contribution < -0.4 is 11.2 Å². The Bertz CT molecular complexity index is 533. The number of hydrogen-bond acceptors (Lipinski definition) is 4. The monoisotopic (exact) mass is 240 g/mol. The Balaban J connectivity index is 2.34. The van der Waals surface area contributed by atoms with Crippen LogP contribution in [-0.2, 0) is 4.74 Å². The molecule has 1 fully saturated rings. The molecular formula is C11H16N2O4. The van der Waals surface area contributed by atoms with Crippen molar-refractivity contribution < 1.29 is 9.84 Å². The fraction of sp³-hybridized carbons (Fsp3) is 0.636. The van der Waals surface area contributed by atoms with Gasteiger partial charge in [-0.1, -0.05) is 6.92 Å². The highest BCUT2D eigenvalue weighted by molar-refractivity contribution is 5.02. The molecule has 1 aliphatic heterocycles. The second-order valence-electron chi connectivity index (χ2n) is 4.92. The number of aromatic nitrogens is 2. The van der Waals surface area contributed by atoms with E-state index in [1.165, 1.54) is 10.8 Å². The highest BCUT2D eigenvalue weighted by Gasteiger charge is 2.37. The molecule has 2 heterocycles. The van der Waals surface area contributed by atoms with Gasteiger partial charge >= 0.3 is 5.69 Å². The van der Waals surface area contributed by atoms with E-state index in [0.29, 0.717) is 18.6 Å². The maximum atomic E-state index is 11.6. The van der Waals surface area contributed by atoms with Gasteiger partial charge in [0.15, 0.2) is 0 Å². The van der Waals surface area contributed by atoms with Crippen LogP contribution in [0.25, 0.3) is 0 Å². The molecule has 1 aliphatic rings. The van der Waals surface area contributed by atoms with Crippen molar-refractivity contribution in [3.8, 4) is 0 Å². The smallest absolute Gasteiger partial charge is 0.330 e. The number of ether oxygens (including phenoxy) is 1. The molecule has 17 heavy (non-hydrogen) atoms. The molecular weight excluding hydrogens is 224 g/mol. The standard InChI is InChI=1S/C11H16N2O4/c1-7-4-13(10(16)12-9(7)15)8-3-11(2,5-14)6-17-8/h4,8,14H,3,5-6H2,1-2H3,(H,12,15,16)/t8-,11+/m1/s1. The van der Waals surface area contributed by atoms with E-state index in [1.54, 1.807) is 6.92 Å². The van der Waals surface area contributed by atoms with Crippen LogP contribution in [0, 0.1) is 12.3 Å². The van der Waals surface area contributed by atoms with Gasteiger partial charge in [0.05, 0.1) is 13.2 Å². The van der Waals surface area contributed by atoms with Crippen LogP contribution >= 0.6 is 0 Å². The maximum absolute atomic E-state index is 11.6. The van der Waals surface area contributed by atoms with Gasteiger partial charge in [0.2, 0.25) is 0 Å². The molecule has 1 aromatic heterocycles. The van der Waals surface area contributed by atoms with Crippen molar-refractivity contribution in [2.45, 2.75) is 26.5 Å². The van der Waals surface area contributed by atoms with Crippen LogP contribution in [0.4, 0.5) is 0 Å². The van der Waals surface area contributed by atoms with Gasteiger partial charge < -0.3 is 9.84 Å². The molecule has 6 nitrogen and oxygen atoms in total. The minimum atomic E-state index is -0.479. The van der Waals surface area contributed by atoms with Crippen LogP contribution in [0.1, 0.15) is 25.1 Å². The third-order valence-corrected chi connectivity index (χ3v) is 3.13. The number of nitrogens with one attached hydrogen (secondary N) is 1. The van der Waals surface area contributed by atoms with E-state index in [9.17, 15) is 14.7 Å². The topological polar surface area (TPSA) is 84.3 Å². The van der Waals surface area contributed by atoms with Gasteiger partial charge in [-0.15, -0.1) is 0 Å². The molecule has 0 aromatic carbocycles. The second-order valence-corrected chi connectivity index (χ2v) is 4.92. The van der Waals surface area contributed by atoms with Gasteiger partial charge in [0, 0.05) is 23.6 Å². The minimum Gasteiger partial charge on any atom is -0.396 e. The molecule has 0 saturated carbocycles. The van der Waals surface area contributed by atoms with Crippen LogP contribution in [-0.4, -0.2) is 27.9 Å². The summed E-state index contributed by atoms with van der Waals surface area (Å²) >= 11 is 0. The van der Waals surface area contributed by atoms with Crippen LogP contribution in [0.15, 0.2) is 15.8 Å². The van der Waals surface area contributed by atoms with Gasteiger partial charge in [-0.2, -0.15) is 0 Å². The number of H-pyrrole nitrogens is 1. The van der Waals surface area contributed by atoms with E-state index in [-0.39, 0.29) is 17.6 Å². The zero-order chi connectivity index (χ0) is 12.6. The van der Waals surface area contributed by atoms with Crippen molar-refractivity contribution in [1.29, 1.82) is 0 Å². The first-order valence-corrected chi connectivity index (χ1v) is 5.50. The average Bonchev–Trinajstić information content (AvgIpc) is 2.67. The van der Waals surface area contributed by atoms with Crippen molar-refractivity contribution in [2.24, 2.45) is 5.41 Å². The zero-order valence-electron chi connectivity index (χ0n) is 9.90. The number of rotatable bonds is 2. The molecule has 0 aliphatic carbocycles. The van der Waals surface area contributed by atoms with Gasteiger partial charge in [-0.25, -0.2) is 4.79 Å². The van der Waals surface area contributed by atoms with E-state index in [0.717, 1.165) is 0 Å². The van der Waals surface area contributed by atoms with Gasteiger partial charge in [0.1, 0.15) is 6.23 Å². The van der Waals surface area contributed by atoms with E-state index >= 15 is 0 Å². The lowest BCUT2D eigenvalue weighted by atomic mass is 9.90. The summed E-state index contributed by atoms with van der Waals surface area (Å²) < 4.78 is 6.87. The van der Waals surface area contributed by atoms with E-state index < -0.39 is 11.9 Å². The van der Waals surface area contributed by atoms with Crippen molar-refractivity contribution in [1.82, 2.24) is 9.55 Å². The number of aliphatic hydroxyl groups excluding tert-OH is 1. The first-order valence-electron chi connectivity index (χ1n) is 5.50. The largest absolute Gasteiger partial charge is 0.396 e. The summed E-state index contributed by atoms with van der Waals surface area (Å²) in [5.74, 6) is 0. The molecule has 6 heteroatoms. The third kappa shape index (κ3) is 2.18. The number of aromatic amines is 1. The lowest BCUT2D eigenvalue weighted by molar-refractivity contribution is 0.0412. The number of aliphatic hydroxyl groups is 1. The van der Waals surface area contributed by atoms with Gasteiger partial charge in [-0.3, -0.25) is 14.3 Å². The highest BCUT2D eigenvalue weighted by Crippen LogP contribution is 2.36. The minimum absolute atomic E-state index is 0.0145. The fourth-order valence-electron chi connectivity index (χ4n) is 1.93. The molecule has 0 spiro atoms. The molecule has 0 radical (unpaired) electrons. The number of aryl methyl sites for hydroxylation is 1. The molecule has 1 saturated heterocycles. The Morgan fingerprint density at radius 2 is 2.35 bits per heavy atom. The third-order valence-electron chi connectivity index (χ3n) is 3.13. The van der Waals surface area contributed by atoms with E-state index in [2.05, 4.69) is 4.98 Å². The van der Waals surface area contributed by atoms with Crippen molar-refractivity contribution in [2.75, 3.05) is 13.2 Å². The fourth-order valence-corrected chi connectivity index (χ4v) is 1.93. The Labute approximate surface area is 97.9 Å². The Hall–Kier alpha value is -1.40. The molecule has 2 rings (SSSR count). The average molecular weight is 240 g/mol. The van der Waals surface area contributed by atoms with E-state index in [4.69, 9.17) is 4.74 Å². The number of nitrogens with zero attached hydrogens (tertiary/aromatic N) is 1. The molecule has 2 atom stereocenters. The predicted octanol–water partition coefficient (Wildman–Crippen LogP) is -0.237. The van der Waals surface area contributed by atoms with Crippen molar-refractivity contribution in [3.05, 3.63) is 32.6 Å². The summed E-state index contributed by atoms with van der Waals surface area (Å²) in [6.45, 7) is 3.95. The summed E-state index contributed by atoms with van der Waals surface area (Å²) in [5.41, 5.74) is -0.721. The molecule has 2 N–H and O–H groups in total. The second kappa shape index (κ2) is 4.12. The summed E-state index contributed by atoms with van der Waals surface area (Å²) in [4.78, 5) is 25.1. The quantitative estimate of drug-likeness (QED) is 0.747. The zero-order valence-corrected chi connectivity index (χ0v) is 9.90. The molecule has 0 unspecified atom stereocenters. The van der Waals surface area contributed by atoms with Crippen LogP contribution in [0.3, 0.4) is 0 Å². The molecule has 94 valence electrons. The van der Waals surface area contributed by atoms with Crippen LogP contribution in [0.5, 0.6) is 0 Å². The Morgan fingerprint density at radius 1 is 1.65 bits per heavy atom.